The Labute approximate surface area is 180 Å². The second kappa shape index (κ2) is 14.0. The van der Waals surface area contributed by atoms with E-state index in [0.29, 0.717) is 32.1 Å². The van der Waals surface area contributed by atoms with E-state index in [9.17, 15) is 8.42 Å². The summed E-state index contributed by atoms with van der Waals surface area (Å²) in [6.07, 6.45) is 2.63. The number of methoxy groups -OCH3 is 1. The average molecular weight is 513 g/mol. The van der Waals surface area contributed by atoms with Crippen molar-refractivity contribution in [3.63, 3.8) is 0 Å². The van der Waals surface area contributed by atoms with Crippen LogP contribution < -0.4 is 15.4 Å². The summed E-state index contributed by atoms with van der Waals surface area (Å²) in [4.78, 5) is 4.18. The molecule has 0 aliphatic rings. The zero-order valence-electron chi connectivity index (χ0n) is 16.5. The minimum absolute atomic E-state index is 0. The first-order valence-corrected chi connectivity index (χ1v) is 10.8. The summed E-state index contributed by atoms with van der Waals surface area (Å²) >= 11 is 0. The Bertz CT molecular complexity index is 668. The fourth-order valence-corrected chi connectivity index (χ4v) is 3.00. The molecule has 0 aliphatic heterocycles. The third-order valence-electron chi connectivity index (χ3n) is 3.65. The summed E-state index contributed by atoms with van der Waals surface area (Å²) in [6.45, 7) is 3.83. The topological polar surface area (TPSA) is 89.0 Å². The summed E-state index contributed by atoms with van der Waals surface area (Å²) in [5, 5.41) is 6.43. The van der Waals surface area contributed by atoms with E-state index in [1.165, 1.54) is 6.26 Å². The number of aliphatic imine (C=N–C) groups is 1. The second-order valence-corrected chi connectivity index (χ2v) is 8.49. The van der Waals surface area contributed by atoms with Crippen LogP contribution in [0.3, 0.4) is 0 Å². The highest BCUT2D eigenvalue weighted by Gasteiger charge is 2.09. The molecule has 0 spiro atoms. The SMILES string of the molecule is CN=C(NCc1cccc(OCCCOC)c1)NC(C)CCS(C)(=O)=O.I. The highest BCUT2D eigenvalue weighted by molar-refractivity contribution is 14.0. The van der Waals surface area contributed by atoms with Crippen molar-refractivity contribution in [1.82, 2.24) is 10.6 Å². The number of ether oxygens (including phenoxy) is 2. The molecule has 1 rings (SSSR count). The van der Waals surface area contributed by atoms with Gasteiger partial charge in [-0.2, -0.15) is 0 Å². The molecule has 0 aliphatic carbocycles. The van der Waals surface area contributed by atoms with Crippen molar-refractivity contribution in [3.05, 3.63) is 29.8 Å². The molecular weight excluding hydrogens is 481 g/mol. The van der Waals surface area contributed by atoms with Crippen molar-refractivity contribution in [2.45, 2.75) is 32.4 Å². The predicted molar refractivity (Wildman–Crippen MR) is 121 cm³/mol. The summed E-state index contributed by atoms with van der Waals surface area (Å²) in [7, 11) is 0.409. The average Bonchev–Trinajstić information content (AvgIpc) is 2.60. The minimum atomic E-state index is -2.96. The molecule has 0 bridgehead atoms. The maximum absolute atomic E-state index is 11.3. The minimum Gasteiger partial charge on any atom is -0.493 e. The Morgan fingerprint density at radius 3 is 2.67 bits per heavy atom. The molecule has 0 fully saturated rings. The Morgan fingerprint density at radius 2 is 2.04 bits per heavy atom. The van der Waals surface area contributed by atoms with E-state index in [1.807, 2.05) is 31.2 Å². The summed E-state index contributed by atoms with van der Waals surface area (Å²) in [6, 6.07) is 7.88. The number of guanidine groups is 1. The monoisotopic (exact) mass is 513 g/mol. The Hall–Kier alpha value is -1.07. The van der Waals surface area contributed by atoms with Crippen LogP contribution in [0.5, 0.6) is 5.75 Å². The van der Waals surface area contributed by atoms with E-state index in [2.05, 4.69) is 15.6 Å². The molecule has 0 saturated heterocycles. The van der Waals surface area contributed by atoms with Crippen LogP contribution in [0.1, 0.15) is 25.3 Å². The smallest absolute Gasteiger partial charge is 0.191 e. The highest BCUT2D eigenvalue weighted by Crippen LogP contribution is 2.13. The van der Waals surface area contributed by atoms with Crippen molar-refractivity contribution < 1.29 is 17.9 Å². The van der Waals surface area contributed by atoms with E-state index < -0.39 is 9.84 Å². The van der Waals surface area contributed by atoms with Gasteiger partial charge in [-0.25, -0.2) is 8.42 Å². The Balaban J connectivity index is 0.00000676. The molecular formula is C18H32IN3O4S. The molecule has 7 nitrogen and oxygen atoms in total. The third kappa shape index (κ3) is 12.9. The van der Waals surface area contributed by atoms with Crippen LogP contribution in [0.25, 0.3) is 0 Å². The van der Waals surface area contributed by atoms with Gasteiger partial charge in [0.05, 0.1) is 12.4 Å². The van der Waals surface area contributed by atoms with Crippen LogP contribution in [0, 0.1) is 0 Å². The molecule has 9 heteroatoms. The van der Waals surface area contributed by atoms with Crippen LogP contribution in [0.15, 0.2) is 29.3 Å². The van der Waals surface area contributed by atoms with E-state index in [1.54, 1.807) is 14.2 Å². The summed E-state index contributed by atoms with van der Waals surface area (Å²) < 4.78 is 33.2. The largest absolute Gasteiger partial charge is 0.493 e. The molecule has 0 radical (unpaired) electrons. The molecule has 0 amide bonds. The summed E-state index contributed by atoms with van der Waals surface area (Å²) in [5.41, 5.74) is 1.07. The van der Waals surface area contributed by atoms with E-state index in [4.69, 9.17) is 9.47 Å². The van der Waals surface area contributed by atoms with Gasteiger partial charge in [-0.15, -0.1) is 24.0 Å². The van der Waals surface area contributed by atoms with Crippen molar-refractivity contribution in [3.8, 4) is 5.75 Å². The molecule has 1 aromatic rings. The number of nitrogens with one attached hydrogen (secondary N) is 2. The number of sulfone groups is 1. The van der Waals surface area contributed by atoms with Gasteiger partial charge < -0.3 is 20.1 Å². The number of hydrogen-bond donors (Lipinski definition) is 2. The second-order valence-electron chi connectivity index (χ2n) is 6.23. The maximum atomic E-state index is 11.3. The zero-order chi connectivity index (χ0) is 19.4. The van der Waals surface area contributed by atoms with Crippen molar-refractivity contribution in [2.24, 2.45) is 4.99 Å². The van der Waals surface area contributed by atoms with Gasteiger partial charge in [-0.1, -0.05) is 12.1 Å². The molecule has 0 aromatic heterocycles. The van der Waals surface area contributed by atoms with E-state index >= 15 is 0 Å². The van der Waals surface area contributed by atoms with Gasteiger partial charge >= 0.3 is 0 Å². The molecule has 0 saturated carbocycles. The number of rotatable bonds is 11. The lowest BCUT2D eigenvalue weighted by Gasteiger charge is -2.18. The van der Waals surface area contributed by atoms with Crippen LogP contribution >= 0.6 is 24.0 Å². The quantitative estimate of drug-likeness (QED) is 0.204. The molecule has 1 atom stereocenters. The zero-order valence-corrected chi connectivity index (χ0v) is 19.7. The lowest BCUT2D eigenvalue weighted by atomic mass is 10.2. The van der Waals surface area contributed by atoms with Crippen LogP contribution in [0.2, 0.25) is 0 Å². The predicted octanol–water partition coefficient (Wildman–Crippen LogP) is 2.21. The maximum Gasteiger partial charge on any atom is 0.191 e. The number of nitrogens with zero attached hydrogens (tertiary/aromatic N) is 1. The molecule has 1 unspecified atom stereocenters. The number of hydrogen-bond acceptors (Lipinski definition) is 5. The van der Waals surface area contributed by atoms with Gasteiger partial charge in [0, 0.05) is 46.0 Å². The standard InChI is InChI=1S/C18H31N3O4S.HI/c1-15(9-12-26(4,22)23)21-18(19-2)20-14-16-7-5-8-17(13-16)25-11-6-10-24-3;/h5,7-8,13,15H,6,9-12,14H2,1-4H3,(H2,19,20,21);1H. The van der Waals surface area contributed by atoms with Gasteiger partial charge in [0.15, 0.2) is 5.96 Å². The van der Waals surface area contributed by atoms with Crippen LogP contribution in [0.4, 0.5) is 0 Å². The first-order chi connectivity index (χ1) is 12.3. The lowest BCUT2D eigenvalue weighted by Crippen LogP contribution is -2.42. The van der Waals surface area contributed by atoms with Crippen LogP contribution in [-0.2, 0) is 21.1 Å². The molecule has 156 valence electrons. The first-order valence-electron chi connectivity index (χ1n) is 8.69. The normalized spacial score (nSPS) is 12.8. The highest BCUT2D eigenvalue weighted by atomic mass is 127. The molecule has 1 aromatic carbocycles. The lowest BCUT2D eigenvalue weighted by molar-refractivity contribution is 0.172. The number of halogens is 1. The van der Waals surface area contributed by atoms with Crippen molar-refractivity contribution >= 4 is 39.8 Å². The fraction of sp³-hybridized carbons (Fsp3) is 0.611. The van der Waals surface area contributed by atoms with E-state index in [-0.39, 0.29) is 35.8 Å². The van der Waals surface area contributed by atoms with Crippen molar-refractivity contribution in [1.29, 1.82) is 0 Å². The van der Waals surface area contributed by atoms with Gasteiger partial charge in [-0.3, -0.25) is 4.99 Å². The molecule has 2 N–H and O–H groups in total. The molecule has 0 heterocycles. The van der Waals surface area contributed by atoms with Crippen molar-refractivity contribution in [2.75, 3.05) is 39.4 Å². The molecule has 27 heavy (non-hydrogen) atoms. The van der Waals surface area contributed by atoms with Gasteiger partial charge in [0.1, 0.15) is 15.6 Å². The van der Waals surface area contributed by atoms with Gasteiger partial charge in [-0.05, 0) is 31.0 Å². The van der Waals surface area contributed by atoms with Gasteiger partial charge in [0.2, 0.25) is 0 Å². The third-order valence-corrected chi connectivity index (χ3v) is 4.63. The Kier molecular flexibility index (Phi) is 13.4. The van der Waals surface area contributed by atoms with Crippen LogP contribution in [-0.4, -0.2) is 59.8 Å². The Morgan fingerprint density at radius 1 is 1.30 bits per heavy atom. The first kappa shape index (κ1) is 25.9. The summed E-state index contributed by atoms with van der Waals surface area (Å²) in [5.74, 6) is 1.61. The van der Waals surface area contributed by atoms with Gasteiger partial charge in [0.25, 0.3) is 0 Å². The van der Waals surface area contributed by atoms with E-state index in [0.717, 1.165) is 17.7 Å². The fourth-order valence-electron chi connectivity index (χ4n) is 2.22. The number of benzene rings is 1.